The van der Waals surface area contributed by atoms with E-state index in [0.29, 0.717) is 11.5 Å². The van der Waals surface area contributed by atoms with E-state index in [1.165, 1.54) is 34.9 Å². The molecule has 1 aromatic carbocycles. The lowest BCUT2D eigenvalue weighted by molar-refractivity contribution is 0.222. The van der Waals surface area contributed by atoms with Crippen molar-refractivity contribution in [1.29, 1.82) is 0 Å². The Morgan fingerprint density at radius 2 is 1.89 bits per heavy atom. The first-order chi connectivity index (χ1) is 8.39. The number of halogens is 1. The SMILES string of the molecule is CN(c1ccc(I)cc1N)C1CCC(C)(C)CC1. The van der Waals surface area contributed by atoms with Crippen LogP contribution >= 0.6 is 22.6 Å². The van der Waals surface area contributed by atoms with Crippen molar-refractivity contribution in [3.8, 4) is 0 Å². The lowest BCUT2D eigenvalue weighted by atomic mass is 9.75. The quantitative estimate of drug-likeness (QED) is 0.632. The van der Waals surface area contributed by atoms with Gasteiger partial charge in [-0.3, -0.25) is 0 Å². The summed E-state index contributed by atoms with van der Waals surface area (Å²) >= 11 is 2.31. The zero-order chi connectivity index (χ0) is 13.3. The van der Waals surface area contributed by atoms with Crippen LogP contribution in [0.1, 0.15) is 39.5 Å². The van der Waals surface area contributed by atoms with Gasteiger partial charge in [-0.05, 0) is 71.9 Å². The summed E-state index contributed by atoms with van der Waals surface area (Å²) in [7, 11) is 2.18. The number of benzene rings is 1. The number of nitrogens with two attached hydrogens (primary N) is 1. The number of nitrogens with zero attached hydrogens (tertiary/aromatic N) is 1. The summed E-state index contributed by atoms with van der Waals surface area (Å²) in [5.41, 5.74) is 8.74. The van der Waals surface area contributed by atoms with Crippen LogP contribution < -0.4 is 10.6 Å². The minimum absolute atomic E-state index is 0.523. The Bertz CT molecular complexity index is 419. The number of rotatable bonds is 2. The number of hydrogen-bond donors (Lipinski definition) is 1. The standard InChI is InChI=1S/C15H23IN2/c1-15(2)8-6-12(7-9-15)18(3)14-5-4-11(16)10-13(14)17/h4-5,10,12H,6-9,17H2,1-3H3. The van der Waals surface area contributed by atoms with Crippen LogP contribution in [0.5, 0.6) is 0 Å². The molecule has 0 spiro atoms. The second-order valence-electron chi connectivity index (χ2n) is 6.21. The van der Waals surface area contributed by atoms with E-state index in [9.17, 15) is 0 Å². The minimum atomic E-state index is 0.523. The largest absolute Gasteiger partial charge is 0.397 e. The summed E-state index contributed by atoms with van der Waals surface area (Å²) in [6.07, 6.45) is 5.17. The van der Waals surface area contributed by atoms with Crippen molar-refractivity contribution >= 4 is 34.0 Å². The first-order valence-electron chi connectivity index (χ1n) is 6.67. The molecular weight excluding hydrogens is 335 g/mol. The number of anilines is 2. The molecule has 3 heteroatoms. The van der Waals surface area contributed by atoms with Crippen LogP contribution in [0.25, 0.3) is 0 Å². The molecule has 100 valence electrons. The molecule has 0 amide bonds. The maximum atomic E-state index is 6.14. The Labute approximate surface area is 124 Å². The molecule has 0 aliphatic heterocycles. The molecule has 0 heterocycles. The Morgan fingerprint density at radius 3 is 2.44 bits per heavy atom. The average molecular weight is 358 g/mol. The summed E-state index contributed by atoms with van der Waals surface area (Å²) in [6.45, 7) is 4.75. The lowest BCUT2D eigenvalue weighted by Crippen LogP contribution is -2.37. The van der Waals surface area contributed by atoms with Crippen molar-refractivity contribution in [3.05, 3.63) is 21.8 Å². The van der Waals surface area contributed by atoms with E-state index in [-0.39, 0.29) is 0 Å². The fourth-order valence-electron chi connectivity index (χ4n) is 2.81. The predicted molar refractivity (Wildman–Crippen MR) is 88.0 cm³/mol. The summed E-state index contributed by atoms with van der Waals surface area (Å²) in [6, 6.07) is 6.98. The Hall–Kier alpha value is -0.450. The van der Waals surface area contributed by atoms with E-state index in [4.69, 9.17) is 5.73 Å². The van der Waals surface area contributed by atoms with Crippen molar-refractivity contribution < 1.29 is 0 Å². The molecule has 0 atom stereocenters. The van der Waals surface area contributed by atoms with Crippen molar-refractivity contribution in [1.82, 2.24) is 0 Å². The number of nitrogen functional groups attached to an aromatic ring is 1. The molecule has 1 aromatic rings. The average Bonchev–Trinajstić information content (AvgIpc) is 2.28. The monoisotopic (exact) mass is 358 g/mol. The molecule has 0 unspecified atom stereocenters. The molecule has 0 bridgehead atoms. The van der Waals surface area contributed by atoms with Gasteiger partial charge in [0.05, 0.1) is 11.4 Å². The molecule has 0 radical (unpaired) electrons. The third-order valence-corrected chi connectivity index (χ3v) is 4.90. The van der Waals surface area contributed by atoms with E-state index in [1.54, 1.807) is 0 Å². The Balaban J connectivity index is 2.10. The van der Waals surface area contributed by atoms with Gasteiger partial charge in [-0.1, -0.05) is 13.8 Å². The van der Waals surface area contributed by atoms with Crippen LogP contribution in [-0.4, -0.2) is 13.1 Å². The summed E-state index contributed by atoms with van der Waals surface area (Å²) < 4.78 is 1.20. The molecule has 1 aliphatic carbocycles. The van der Waals surface area contributed by atoms with Gasteiger partial charge in [0.2, 0.25) is 0 Å². The van der Waals surface area contributed by atoms with E-state index in [1.807, 2.05) is 0 Å². The molecule has 0 saturated heterocycles. The second kappa shape index (κ2) is 5.27. The van der Waals surface area contributed by atoms with Crippen molar-refractivity contribution in [3.63, 3.8) is 0 Å². The highest BCUT2D eigenvalue weighted by atomic mass is 127. The van der Waals surface area contributed by atoms with Crippen LogP contribution in [0.2, 0.25) is 0 Å². The van der Waals surface area contributed by atoms with Crippen molar-refractivity contribution in [2.24, 2.45) is 5.41 Å². The fourth-order valence-corrected chi connectivity index (χ4v) is 3.33. The van der Waals surface area contributed by atoms with Gasteiger partial charge in [-0.15, -0.1) is 0 Å². The molecule has 1 fully saturated rings. The van der Waals surface area contributed by atoms with Crippen LogP contribution in [0.4, 0.5) is 11.4 Å². The van der Waals surface area contributed by atoms with E-state index >= 15 is 0 Å². The van der Waals surface area contributed by atoms with E-state index in [0.717, 1.165) is 5.69 Å². The molecule has 0 aromatic heterocycles. The highest BCUT2D eigenvalue weighted by molar-refractivity contribution is 14.1. The van der Waals surface area contributed by atoms with Crippen LogP contribution in [0.3, 0.4) is 0 Å². The van der Waals surface area contributed by atoms with Crippen LogP contribution in [0.15, 0.2) is 18.2 Å². The third kappa shape index (κ3) is 3.11. The Morgan fingerprint density at radius 1 is 1.28 bits per heavy atom. The van der Waals surface area contributed by atoms with Crippen molar-refractivity contribution in [2.45, 2.75) is 45.6 Å². The first-order valence-corrected chi connectivity index (χ1v) is 7.75. The highest BCUT2D eigenvalue weighted by Gasteiger charge is 2.29. The topological polar surface area (TPSA) is 29.3 Å². The van der Waals surface area contributed by atoms with Crippen LogP contribution in [0, 0.1) is 8.99 Å². The molecule has 18 heavy (non-hydrogen) atoms. The van der Waals surface area contributed by atoms with Gasteiger partial charge in [0.25, 0.3) is 0 Å². The molecule has 1 aliphatic rings. The molecule has 2 N–H and O–H groups in total. The third-order valence-electron chi connectivity index (χ3n) is 4.23. The predicted octanol–water partition coefficient (Wildman–Crippen LogP) is 4.28. The van der Waals surface area contributed by atoms with Crippen LogP contribution in [-0.2, 0) is 0 Å². The van der Waals surface area contributed by atoms with Gasteiger partial charge >= 0.3 is 0 Å². The van der Waals surface area contributed by atoms with Gasteiger partial charge in [0, 0.05) is 16.7 Å². The molecule has 2 rings (SSSR count). The highest BCUT2D eigenvalue weighted by Crippen LogP contribution is 2.38. The minimum Gasteiger partial charge on any atom is -0.397 e. The molecule has 1 saturated carbocycles. The fraction of sp³-hybridized carbons (Fsp3) is 0.600. The van der Waals surface area contributed by atoms with Gasteiger partial charge in [0.15, 0.2) is 0 Å². The lowest BCUT2D eigenvalue weighted by Gasteiger charge is -2.40. The Kier molecular flexibility index (Phi) is 4.09. The zero-order valence-corrected chi connectivity index (χ0v) is 13.7. The summed E-state index contributed by atoms with van der Waals surface area (Å²) in [4.78, 5) is 2.38. The van der Waals surface area contributed by atoms with E-state index in [2.05, 4.69) is 66.6 Å². The van der Waals surface area contributed by atoms with Gasteiger partial charge in [0.1, 0.15) is 0 Å². The maximum absolute atomic E-state index is 6.14. The molecular formula is C15H23IN2. The number of hydrogen-bond acceptors (Lipinski definition) is 2. The maximum Gasteiger partial charge on any atom is 0.0600 e. The second-order valence-corrected chi connectivity index (χ2v) is 7.46. The van der Waals surface area contributed by atoms with E-state index < -0.39 is 0 Å². The molecule has 2 nitrogen and oxygen atoms in total. The first kappa shape index (κ1) is 14.0. The van der Waals surface area contributed by atoms with Crippen molar-refractivity contribution in [2.75, 3.05) is 17.7 Å². The smallest absolute Gasteiger partial charge is 0.0600 e. The van der Waals surface area contributed by atoms with Gasteiger partial charge < -0.3 is 10.6 Å². The van der Waals surface area contributed by atoms with Gasteiger partial charge in [-0.25, -0.2) is 0 Å². The normalized spacial score (nSPS) is 19.8. The van der Waals surface area contributed by atoms with Gasteiger partial charge in [-0.2, -0.15) is 0 Å². The summed E-state index contributed by atoms with van der Waals surface area (Å²) in [5, 5.41) is 0. The summed E-state index contributed by atoms with van der Waals surface area (Å²) in [5.74, 6) is 0. The zero-order valence-electron chi connectivity index (χ0n) is 11.5.